The molecule has 1 aromatic carbocycles. The van der Waals surface area contributed by atoms with Crippen molar-refractivity contribution in [1.82, 2.24) is 0 Å². The lowest BCUT2D eigenvalue weighted by atomic mass is 10.1. The van der Waals surface area contributed by atoms with Crippen molar-refractivity contribution in [2.45, 2.75) is 6.92 Å². The predicted octanol–water partition coefficient (Wildman–Crippen LogP) is 2.61. The fraction of sp³-hybridized carbons (Fsp3) is 0.100. The molecule has 4 heteroatoms. The van der Waals surface area contributed by atoms with Gasteiger partial charge in [-0.1, -0.05) is 0 Å². The topological polar surface area (TPSA) is 57.5 Å². The highest BCUT2D eigenvalue weighted by atomic mass is 32.1. The number of thiophene rings is 1. The third-order valence-electron chi connectivity index (χ3n) is 2.22. The zero-order chi connectivity index (χ0) is 10.3. The van der Waals surface area contributed by atoms with Gasteiger partial charge in [-0.2, -0.15) is 0 Å². The fourth-order valence-electron chi connectivity index (χ4n) is 1.42. The number of rotatable bonds is 1. The first-order valence-electron chi connectivity index (χ1n) is 4.04. The smallest absolute Gasteiger partial charge is 0.336 e. The van der Waals surface area contributed by atoms with Gasteiger partial charge in [-0.3, -0.25) is 0 Å². The van der Waals surface area contributed by atoms with E-state index in [0.717, 1.165) is 10.1 Å². The van der Waals surface area contributed by atoms with Crippen LogP contribution in [0, 0.1) is 6.92 Å². The van der Waals surface area contributed by atoms with Gasteiger partial charge in [-0.05, 0) is 24.4 Å². The van der Waals surface area contributed by atoms with E-state index in [4.69, 9.17) is 5.11 Å². The number of aromatic hydroxyl groups is 1. The van der Waals surface area contributed by atoms with E-state index in [0.29, 0.717) is 5.56 Å². The second-order valence-electron chi connectivity index (χ2n) is 3.04. The highest BCUT2D eigenvalue weighted by Crippen LogP contribution is 2.34. The Labute approximate surface area is 84.2 Å². The first-order chi connectivity index (χ1) is 6.61. The first-order valence-corrected chi connectivity index (χ1v) is 4.92. The Hall–Kier alpha value is -1.55. The number of carboxylic acid groups (broad SMARTS) is 1. The third-order valence-corrected chi connectivity index (χ3v) is 3.08. The van der Waals surface area contributed by atoms with Gasteiger partial charge in [0.1, 0.15) is 5.75 Å². The molecule has 0 atom stereocenters. The summed E-state index contributed by atoms with van der Waals surface area (Å²) < 4.78 is 0.797. The molecule has 0 bridgehead atoms. The number of phenols is 1. The molecule has 0 fully saturated rings. The summed E-state index contributed by atoms with van der Waals surface area (Å²) in [6.07, 6.45) is 0. The van der Waals surface area contributed by atoms with Crippen LogP contribution in [0.15, 0.2) is 17.5 Å². The Balaban J connectivity index is 2.87. The summed E-state index contributed by atoms with van der Waals surface area (Å²) in [5.74, 6) is -0.936. The van der Waals surface area contributed by atoms with Crippen LogP contribution in [0.5, 0.6) is 5.75 Å². The zero-order valence-electron chi connectivity index (χ0n) is 7.44. The minimum atomic E-state index is -1.01. The van der Waals surface area contributed by atoms with E-state index in [1.165, 1.54) is 11.3 Å². The summed E-state index contributed by atoms with van der Waals surface area (Å²) in [5.41, 5.74) is 0.584. The van der Waals surface area contributed by atoms with E-state index in [9.17, 15) is 9.90 Å². The van der Waals surface area contributed by atoms with E-state index < -0.39 is 5.97 Å². The molecular formula is C10H8O3S. The number of carboxylic acids is 1. The van der Waals surface area contributed by atoms with Crippen molar-refractivity contribution in [3.8, 4) is 5.75 Å². The van der Waals surface area contributed by atoms with E-state index >= 15 is 0 Å². The Morgan fingerprint density at radius 2 is 2.21 bits per heavy atom. The molecular weight excluding hydrogens is 200 g/mol. The first kappa shape index (κ1) is 9.02. The number of fused-ring (bicyclic) bond motifs is 1. The Morgan fingerprint density at radius 1 is 1.50 bits per heavy atom. The molecule has 72 valence electrons. The third kappa shape index (κ3) is 1.15. The average Bonchev–Trinajstić information content (AvgIpc) is 2.58. The molecule has 0 aliphatic rings. The van der Waals surface area contributed by atoms with Gasteiger partial charge in [0.2, 0.25) is 0 Å². The largest absolute Gasteiger partial charge is 0.507 e. The fourth-order valence-corrected chi connectivity index (χ4v) is 2.25. The second-order valence-corrected chi connectivity index (χ2v) is 3.98. The zero-order valence-corrected chi connectivity index (χ0v) is 8.26. The van der Waals surface area contributed by atoms with Gasteiger partial charge >= 0.3 is 5.97 Å². The highest BCUT2D eigenvalue weighted by Gasteiger charge is 2.14. The Bertz CT molecular complexity index is 513. The van der Waals surface area contributed by atoms with Gasteiger partial charge in [0.15, 0.2) is 0 Å². The van der Waals surface area contributed by atoms with Crippen LogP contribution in [0.4, 0.5) is 0 Å². The number of hydrogen-bond donors (Lipinski definition) is 2. The van der Waals surface area contributed by atoms with Crippen LogP contribution in [0.2, 0.25) is 0 Å². The van der Waals surface area contributed by atoms with Crippen molar-refractivity contribution in [3.05, 3.63) is 28.6 Å². The maximum atomic E-state index is 10.8. The van der Waals surface area contributed by atoms with Crippen molar-refractivity contribution in [2.75, 3.05) is 0 Å². The Morgan fingerprint density at radius 3 is 2.86 bits per heavy atom. The average molecular weight is 208 g/mol. The summed E-state index contributed by atoms with van der Waals surface area (Å²) in [6.45, 7) is 1.61. The summed E-state index contributed by atoms with van der Waals surface area (Å²) in [4.78, 5) is 10.8. The molecule has 0 aliphatic heterocycles. The summed E-state index contributed by atoms with van der Waals surface area (Å²) in [5, 5.41) is 21.1. The number of phenolic OH excluding ortho intramolecular Hbond substituents is 1. The van der Waals surface area contributed by atoms with Gasteiger partial charge in [0, 0.05) is 15.6 Å². The molecule has 2 rings (SSSR count). The molecule has 1 heterocycles. The molecule has 3 nitrogen and oxygen atoms in total. The van der Waals surface area contributed by atoms with Crippen LogP contribution in [0.1, 0.15) is 15.9 Å². The van der Waals surface area contributed by atoms with Crippen LogP contribution in [0.25, 0.3) is 10.1 Å². The van der Waals surface area contributed by atoms with Crippen molar-refractivity contribution >= 4 is 27.4 Å². The minimum Gasteiger partial charge on any atom is -0.507 e. The van der Waals surface area contributed by atoms with Crippen molar-refractivity contribution in [1.29, 1.82) is 0 Å². The molecule has 0 amide bonds. The van der Waals surface area contributed by atoms with E-state index in [1.54, 1.807) is 19.1 Å². The van der Waals surface area contributed by atoms with Crippen molar-refractivity contribution < 1.29 is 15.0 Å². The normalized spacial score (nSPS) is 10.6. The van der Waals surface area contributed by atoms with E-state index in [1.807, 2.05) is 5.38 Å². The molecule has 0 saturated carbocycles. The molecule has 0 saturated heterocycles. The van der Waals surface area contributed by atoms with Gasteiger partial charge < -0.3 is 10.2 Å². The maximum absolute atomic E-state index is 10.8. The molecule has 0 radical (unpaired) electrons. The number of hydrogen-bond acceptors (Lipinski definition) is 3. The Kier molecular flexibility index (Phi) is 1.93. The van der Waals surface area contributed by atoms with Crippen LogP contribution >= 0.6 is 11.3 Å². The molecule has 0 aliphatic carbocycles. The van der Waals surface area contributed by atoms with Crippen molar-refractivity contribution in [3.63, 3.8) is 0 Å². The quantitative estimate of drug-likeness (QED) is 0.757. The lowest BCUT2D eigenvalue weighted by molar-refractivity contribution is 0.0696. The second kappa shape index (κ2) is 2.99. The van der Waals surface area contributed by atoms with Crippen LogP contribution in [-0.2, 0) is 0 Å². The van der Waals surface area contributed by atoms with Gasteiger partial charge in [0.25, 0.3) is 0 Å². The number of benzene rings is 1. The highest BCUT2D eigenvalue weighted by molar-refractivity contribution is 7.17. The summed E-state index contributed by atoms with van der Waals surface area (Å²) in [6, 6.07) is 3.38. The summed E-state index contributed by atoms with van der Waals surface area (Å²) >= 11 is 1.42. The van der Waals surface area contributed by atoms with Crippen LogP contribution in [0.3, 0.4) is 0 Å². The number of carbonyl (C=O) groups is 1. The van der Waals surface area contributed by atoms with Crippen LogP contribution in [-0.4, -0.2) is 16.2 Å². The monoisotopic (exact) mass is 208 g/mol. The SMILES string of the molecule is Cc1c(C(=O)O)cc2sccc2c1O. The molecule has 0 spiro atoms. The molecule has 2 N–H and O–H groups in total. The lowest BCUT2D eigenvalue weighted by Crippen LogP contribution is -1.99. The van der Waals surface area contributed by atoms with Crippen LogP contribution < -0.4 is 0 Å². The molecule has 14 heavy (non-hydrogen) atoms. The van der Waals surface area contributed by atoms with Gasteiger partial charge in [-0.15, -0.1) is 11.3 Å². The standard InChI is InChI=1S/C10H8O3S/c1-5-7(10(12)13)4-8-6(9(5)11)2-3-14-8/h2-4,11H,1H3,(H,12,13). The maximum Gasteiger partial charge on any atom is 0.336 e. The molecule has 0 unspecified atom stereocenters. The molecule has 1 aromatic heterocycles. The van der Waals surface area contributed by atoms with E-state index in [-0.39, 0.29) is 11.3 Å². The predicted molar refractivity (Wildman–Crippen MR) is 55.2 cm³/mol. The van der Waals surface area contributed by atoms with Crippen molar-refractivity contribution in [2.24, 2.45) is 0 Å². The van der Waals surface area contributed by atoms with Gasteiger partial charge in [-0.25, -0.2) is 4.79 Å². The van der Waals surface area contributed by atoms with E-state index in [2.05, 4.69) is 0 Å². The summed E-state index contributed by atoms with van der Waals surface area (Å²) in [7, 11) is 0. The molecule has 2 aromatic rings. The minimum absolute atomic E-state index is 0.0705. The lowest BCUT2D eigenvalue weighted by Gasteiger charge is -2.04. The van der Waals surface area contributed by atoms with Gasteiger partial charge in [0.05, 0.1) is 5.56 Å². The number of aromatic carboxylic acids is 1.